The van der Waals surface area contributed by atoms with Gasteiger partial charge in [-0.05, 0) is 55.8 Å². The topological polar surface area (TPSA) is 81.1 Å². The number of benzene rings is 2. The van der Waals surface area contributed by atoms with E-state index in [-0.39, 0.29) is 11.5 Å². The first-order chi connectivity index (χ1) is 14.3. The van der Waals surface area contributed by atoms with Crippen LogP contribution in [0.3, 0.4) is 0 Å². The van der Waals surface area contributed by atoms with Crippen molar-refractivity contribution < 1.29 is 13.2 Å². The highest BCUT2D eigenvalue weighted by Gasteiger charge is 2.12. The van der Waals surface area contributed by atoms with E-state index in [9.17, 15) is 13.2 Å². The first kappa shape index (κ1) is 21.8. The zero-order valence-electron chi connectivity index (χ0n) is 16.7. The van der Waals surface area contributed by atoms with Gasteiger partial charge < -0.3 is 0 Å². The first-order valence-corrected chi connectivity index (χ1v) is 11.4. The molecule has 0 radical (unpaired) electrons. The molecule has 0 aliphatic heterocycles. The fourth-order valence-electron chi connectivity index (χ4n) is 2.83. The molecule has 156 valence electrons. The van der Waals surface area contributed by atoms with Crippen molar-refractivity contribution in [3.63, 3.8) is 0 Å². The number of rotatable bonds is 8. The SMILES string of the molecule is CCS(=O)(=O)Nc1ccc(C(=O)/C=C/c2c(C)nn(Cc3ccccc3)c2Cl)cc1. The molecule has 0 saturated carbocycles. The van der Waals surface area contributed by atoms with Crippen LogP contribution in [0.4, 0.5) is 5.69 Å². The van der Waals surface area contributed by atoms with Crippen molar-refractivity contribution in [1.29, 1.82) is 0 Å². The normalized spacial score (nSPS) is 11.7. The van der Waals surface area contributed by atoms with E-state index < -0.39 is 10.0 Å². The zero-order valence-corrected chi connectivity index (χ0v) is 18.2. The number of carbonyl (C=O) groups is 1. The van der Waals surface area contributed by atoms with E-state index in [1.54, 1.807) is 41.9 Å². The van der Waals surface area contributed by atoms with E-state index in [4.69, 9.17) is 11.6 Å². The highest BCUT2D eigenvalue weighted by molar-refractivity contribution is 7.92. The van der Waals surface area contributed by atoms with Gasteiger partial charge in [0, 0.05) is 16.8 Å². The average molecular weight is 444 g/mol. The number of ketones is 1. The highest BCUT2D eigenvalue weighted by Crippen LogP contribution is 2.23. The molecular weight excluding hydrogens is 422 g/mol. The molecule has 1 aromatic heterocycles. The molecule has 3 aromatic rings. The monoisotopic (exact) mass is 443 g/mol. The molecule has 30 heavy (non-hydrogen) atoms. The third-order valence-corrected chi connectivity index (χ3v) is 6.21. The Balaban J connectivity index is 1.73. The Labute approximate surface area is 181 Å². The minimum Gasteiger partial charge on any atom is -0.289 e. The first-order valence-electron chi connectivity index (χ1n) is 9.39. The molecular formula is C22H22ClN3O3S. The van der Waals surface area contributed by atoms with Crippen molar-refractivity contribution in [2.24, 2.45) is 0 Å². The van der Waals surface area contributed by atoms with Crippen LogP contribution in [0, 0.1) is 6.92 Å². The van der Waals surface area contributed by atoms with Crippen LogP contribution in [-0.2, 0) is 16.6 Å². The number of anilines is 1. The van der Waals surface area contributed by atoms with Crippen molar-refractivity contribution in [3.8, 4) is 0 Å². The second-order valence-electron chi connectivity index (χ2n) is 6.71. The summed E-state index contributed by atoms with van der Waals surface area (Å²) in [5.41, 5.74) is 3.35. The summed E-state index contributed by atoms with van der Waals surface area (Å²) < 4.78 is 27.4. The Hall–Kier alpha value is -2.90. The lowest BCUT2D eigenvalue weighted by Crippen LogP contribution is -2.14. The van der Waals surface area contributed by atoms with E-state index in [0.29, 0.717) is 28.5 Å². The van der Waals surface area contributed by atoms with Crippen LogP contribution in [-0.4, -0.2) is 29.7 Å². The van der Waals surface area contributed by atoms with Gasteiger partial charge >= 0.3 is 0 Å². The third kappa shape index (κ3) is 5.37. The van der Waals surface area contributed by atoms with E-state index >= 15 is 0 Å². The summed E-state index contributed by atoms with van der Waals surface area (Å²) in [6.45, 7) is 3.93. The van der Waals surface area contributed by atoms with Gasteiger partial charge in [0.2, 0.25) is 10.0 Å². The number of hydrogen-bond acceptors (Lipinski definition) is 4. The molecule has 0 spiro atoms. The van der Waals surface area contributed by atoms with Gasteiger partial charge in [0.25, 0.3) is 0 Å². The number of aromatic nitrogens is 2. The largest absolute Gasteiger partial charge is 0.289 e. The molecule has 3 rings (SSSR count). The maximum absolute atomic E-state index is 12.5. The molecule has 0 bridgehead atoms. The number of hydrogen-bond donors (Lipinski definition) is 1. The zero-order chi connectivity index (χ0) is 21.7. The quantitative estimate of drug-likeness (QED) is 0.409. The number of nitrogens with one attached hydrogen (secondary N) is 1. The fourth-order valence-corrected chi connectivity index (χ4v) is 3.76. The van der Waals surface area contributed by atoms with Crippen LogP contribution in [0.1, 0.15) is 34.1 Å². The van der Waals surface area contributed by atoms with Crippen LogP contribution in [0.5, 0.6) is 0 Å². The van der Waals surface area contributed by atoms with E-state index in [1.165, 1.54) is 6.08 Å². The average Bonchev–Trinajstić information content (AvgIpc) is 3.00. The van der Waals surface area contributed by atoms with Gasteiger partial charge in [-0.2, -0.15) is 5.10 Å². The molecule has 0 fully saturated rings. The summed E-state index contributed by atoms with van der Waals surface area (Å²) in [4.78, 5) is 12.5. The number of carbonyl (C=O) groups excluding carboxylic acids is 1. The Morgan fingerprint density at radius 1 is 1.13 bits per heavy atom. The van der Waals surface area contributed by atoms with Gasteiger partial charge in [0.05, 0.1) is 18.0 Å². The minimum atomic E-state index is -3.35. The summed E-state index contributed by atoms with van der Waals surface area (Å²) >= 11 is 6.48. The number of allylic oxidation sites excluding steroid dienone is 1. The molecule has 0 unspecified atom stereocenters. The van der Waals surface area contributed by atoms with Gasteiger partial charge in [-0.3, -0.25) is 9.52 Å². The lowest BCUT2D eigenvalue weighted by atomic mass is 10.1. The molecule has 8 heteroatoms. The predicted molar refractivity (Wildman–Crippen MR) is 120 cm³/mol. The lowest BCUT2D eigenvalue weighted by molar-refractivity contribution is 0.104. The summed E-state index contributed by atoms with van der Waals surface area (Å²) in [5.74, 6) is -0.236. The van der Waals surface area contributed by atoms with Gasteiger partial charge in [-0.25, -0.2) is 13.1 Å². The number of nitrogens with zero attached hydrogens (tertiary/aromatic N) is 2. The van der Waals surface area contributed by atoms with E-state index in [2.05, 4.69) is 9.82 Å². The molecule has 1 N–H and O–H groups in total. The molecule has 0 saturated heterocycles. The fraction of sp³-hybridized carbons (Fsp3) is 0.182. The smallest absolute Gasteiger partial charge is 0.232 e. The summed E-state index contributed by atoms with van der Waals surface area (Å²) in [7, 11) is -3.35. The molecule has 2 aromatic carbocycles. The molecule has 0 atom stereocenters. The maximum atomic E-state index is 12.5. The van der Waals surface area contributed by atoms with Crippen molar-refractivity contribution in [2.45, 2.75) is 20.4 Å². The van der Waals surface area contributed by atoms with Gasteiger partial charge in [0.15, 0.2) is 5.78 Å². The summed E-state index contributed by atoms with van der Waals surface area (Å²) in [6, 6.07) is 16.1. The Bertz CT molecular complexity index is 1170. The molecule has 1 heterocycles. The predicted octanol–water partition coefficient (Wildman–Crippen LogP) is 4.55. The van der Waals surface area contributed by atoms with Crippen molar-refractivity contribution >= 4 is 39.2 Å². The summed E-state index contributed by atoms with van der Waals surface area (Å²) in [6.07, 6.45) is 3.09. The molecule has 0 aliphatic rings. The van der Waals surface area contributed by atoms with Crippen molar-refractivity contribution in [2.75, 3.05) is 10.5 Å². The summed E-state index contributed by atoms with van der Waals surface area (Å²) in [5, 5.41) is 4.93. The Kier molecular flexibility index (Phi) is 6.74. The van der Waals surface area contributed by atoms with E-state index in [0.717, 1.165) is 11.3 Å². The second-order valence-corrected chi connectivity index (χ2v) is 9.08. The maximum Gasteiger partial charge on any atom is 0.232 e. The standard InChI is InChI=1S/C22H22ClN3O3S/c1-3-30(28,29)25-19-11-9-18(10-12-19)21(27)14-13-20-16(2)24-26(22(20)23)15-17-7-5-4-6-8-17/h4-14,25H,3,15H2,1-2H3/b14-13+. The van der Waals surface area contributed by atoms with Crippen LogP contribution in [0.2, 0.25) is 5.15 Å². The van der Waals surface area contributed by atoms with Crippen LogP contribution >= 0.6 is 11.6 Å². The lowest BCUT2D eigenvalue weighted by Gasteiger charge is -2.06. The van der Waals surface area contributed by atoms with Gasteiger partial charge in [-0.1, -0.05) is 41.9 Å². The number of aryl methyl sites for hydroxylation is 1. The molecule has 0 aliphatic carbocycles. The van der Waals surface area contributed by atoms with Gasteiger partial charge in [-0.15, -0.1) is 0 Å². The third-order valence-electron chi connectivity index (χ3n) is 4.51. The Morgan fingerprint density at radius 2 is 1.80 bits per heavy atom. The van der Waals surface area contributed by atoms with Gasteiger partial charge in [0.1, 0.15) is 5.15 Å². The number of sulfonamides is 1. The van der Waals surface area contributed by atoms with Crippen LogP contribution < -0.4 is 4.72 Å². The highest BCUT2D eigenvalue weighted by atomic mass is 35.5. The van der Waals surface area contributed by atoms with Crippen LogP contribution in [0.25, 0.3) is 6.08 Å². The van der Waals surface area contributed by atoms with Crippen LogP contribution in [0.15, 0.2) is 60.7 Å². The van der Waals surface area contributed by atoms with Crippen molar-refractivity contribution in [3.05, 3.63) is 88.2 Å². The molecule has 6 nitrogen and oxygen atoms in total. The molecule has 0 amide bonds. The second kappa shape index (κ2) is 9.28. The Morgan fingerprint density at radius 3 is 2.43 bits per heavy atom. The minimum absolute atomic E-state index is 0.0194. The van der Waals surface area contributed by atoms with Crippen molar-refractivity contribution in [1.82, 2.24) is 9.78 Å². The number of halogens is 1. The van der Waals surface area contributed by atoms with E-state index in [1.807, 2.05) is 37.3 Å².